The van der Waals surface area contributed by atoms with Crippen molar-refractivity contribution in [3.63, 3.8) is 0 Å². The molecule has 0 saturated carbocycles. The van der Waals surface area contributed by atoms with Crippen molar-refractivity contribution in [3.8, 4) is 0 Å². The van der Waals surface area contributed by atoms with E-state index in [-0.39, 0.29) is 18.9 Å². The van der Waals surface area contributed by atoms with Crippen LogP contribution in [0.15, 0.2) is 0 Å². The highest BCUT2D eigenvalue weighted by Crippen LogP contribution is 2.12. The molecule has 0 saturated heterocycles. The Hall–Kier alpha value is -2.16. The molecule has 0 bridgehead atoms. The van der Waals surface area contributed by atoms with E-state index in [0.29, 0.717) is 25.8 Å². The Morgan fingerprint density at radius 2 is 1.32 bits per heavy atom. The van der Waals surface area contributed by atoms with Crippen molar-refractivity contribution in [2.45, 2.75) is 122 Å². The predicted octanol–water partition coefficient (Wildman–Crippen LogP) is 3.01. The Bertz CT molecular complexity index is 586. The Morgan fingerprint density at radius 3 is 1.85 bits per heavy atom. The van der Waals surface area contributed by atoms with Crippen LogP contribution in [0.1, 0.15) is 110 Å². The topological polar surface area (TPSA) is 151 Å². The molecule has 0 aromatic carbocycles. The Balaban J connectivity index is 3.90. The lowest BCUT2D eigenvalue weighted by molar-refractivity contribution is -0.142. The second-order valence-corrected chi connectivity index (χ2v) is 9.04. The number of hydrogen-bond donors (Lipinski definition) is 5. The van der Waals surface area contributed by atoms with Gasteiger partial charge in [0.1, 0.15) is 12.1 Å². The van der Waals surface area contributed by atoms with Gasteiger partial charge in [0.25, 0.3) is 0 Å². The van der Waals surface area contributed by atoms with Crippen LogP contribution in [-0.4, -0.2) is 54.0 Å². The molecule has 2 atom stereocenters. The number of nitrogens with one attached hydrogen (secondary N) is 3. The maximum absolute atomic E-state index is 12.1. The van der Waals surface area contributed by atoms with Gasteiger partial charge in [-0.2, -0.15) is 0 Å². The second kappa shape index (κ2) is 21.4. The van der Waals surface area contributed by atoms with Gasteiger partial charge in [0.15, 0.2) is 0 Å². The van der Waals surface area contributed by atoms with Gasteiger partial charge >= 0.3 is 5.97 Å². The molecule has 0 aliphatic heterocycles. The minimum absolute atomic E-state index is 0.186. The van der Waals surface area contributed by atoms with Crippen molar-refractivity contribution in [2.75, 3.05) is 13.1 Å². The van der Waals surface area contributed by atoms with E-state index in [4.69, 9.17) is 5.73 Å². The van der Waals surface area contributed by atoms with Gasteiger partial charge in [-0.25, -0.2) is 4.79 Å². The van der Waals surface area contributed by atoms with Crippen LogP contribution >= 0.6 is 0 Å². The molecular formula is C25H48N4O5. The van der Waals surface area contributed by atoms with E-state index in [1.54, 1.807) is 6.92 Å². The number of aliphatic carboxylic acids is 1. The molecule has 34 heavy (non-hydrogen) atoms. The summed E-state index contributed by atoms with van der Waals surface area (Å²) in [4.78, 5) is 47.4. The highest BCUT2D eigenvalue weighted by atomic mass is 16.4. The van der Waals surface area contributed by atoms with Crippen LogP contribution < -0.4 is 21.7 Å². The average Bonchev–Trinajstić information content (AvgIpc) is 2.80. The van der Waals surface area contributed by atoms with Crippen LogP contribution in [-0.2, 0) is 19.2 Å². The van der Waals surface area contributed by atoms with Gasteiger partial charge in [-0.05, 0) is 39.2 Å². The average molecular weight is 485 g/mol. The number of hydrogen-bond acceptors (Lipinski definition) is 5. The normalized spacial score (nSPS) is 12.6. The van der Waals surface area contributed by atoms with E-state index < -0.39 is 29.9 Å². The Kier molecular flexibility index (Phi) is 20.0. The van der Waals surface area contributed by atoms with Gasteiger partial charge in [-0.15, -0.1) is 0 Å². The zero-order valence-corrected chi connectivity index (χ0v) is 21.3. The first kappa shape index (κ1) is 31.8. The molecular weight excluding hydrogens is 436 g/mol. The van der Waals surface area contributed by atoms with E-state index in [9.17, 15) is 24.3 Å². The molecule has 0 rings (SSSR count). The van der Waals surface area contributed by atoms with E-state index >= 15 is 0 Å². The van der Waals surface area contributed by atoms with Crippen LogP contribution in [0.2, 0.25) is 0 Å². The van der Waals surface area contributed by atoms with Gasteiger partial charge in [0, 0.05) is 6.42 Å². The predicted molar refractivity (Wildman–Crippen MR) is 134 cm³/mol. The summed E-state index contributed by atoms with van der Waals surface area (Å²) >= 11 is 0. The Labute approximate surface area is 205 Å². The first-order chi connectivity index (χ1) is 16.3. The first-order valence-electron chi connectivity index (χ1n) is 13.1. The highest BCUT2D eigenvalue weighted by Gasteiger charge is 2.21. The summed E-state index contributed by atoms with van der Waals surface area (Å²) in [7, 11) is 0. The maximum atomic E-state index is 12.1. The van der Waals surface area contributed by atoms with Gasteiger partial charge < -0.3 is 26.8 Å². The molecule has 0 aliphatic carbocycles. The van der Waals surface area contributed by atoms with E-state index in [1.165, 1.54) is 51.4 Å². The number of carbonyl (C=O) groups excluding carboxylic acids is 3. The fourth-order valence-corrected chi connectivity index (χ4v) is 3.64. The lowest BCUT2D eigenvalue weighted by Gasteiger charge is -2.16. The minimum atomic E-state index is -1.13. The van der Waals surface area contributed by atoms with Gasteiger partial charge in [-0.3, -0.25) is 14.4 Å². The third-order valence-corrected chi connectivity index (χ3v) is 5.78. The molecule has 6 N–H and O–H groups in total. The molecule has 9 nitrogen and oxygen atoms in total. The standard InChI is InChI=1S/C25H48N4O5/c1-3-4-5-6-7-8-9-10-11-12-13-17-22(30)28-20(2)24(32)27-19-23(31)29-21(25(33)34)16-14-15-18-26/h20-21H,3-19,26H2,1-2H3,(H,27,32)(H,28,30)(H,29,31)(H,33,34)/t20-,21-/m0/s1. The third kappa shape index (κ3) is 18.3. The SMILES string of the molecule is CCCCCCCCCCCCCC(=O)N[C@@H](C)C(=O)NCC(=O)N[C@@H](CCCCN)C(=O)O. The summed E-state index contributed by atoms with van der Waals surface area (Å²) < 4.78 is 0. The largest absolute Gasteiger partial charge is 0.480 e. The molecule has 9 heteroatoms. The van der Waals surface area contributed by atoms with Crippen LogP contribution in [0.4, 0.5) is 0 Å². The molecule has 3 amide bonds. The quantitative estimate of drug-likeness (QED) is 0.149. The molecule has 0 spiro atoms. The summed E-state index contributed by atoms with van der Waals surface area (Å²) in [6.07, 6.45) is 15.2. The van der Waals surface area contributed by atoms with Crippen molar-refractivity contribution in [1.82, 2.24) is 16.0 Å². The van der Waals surface area contributed by atoms with Gasteiger partial charge in [-0.1, -0.05) is 71.1 Å². The van der Waals surface area contributed by atoms with Gasteiger partial charge in [0.2, 0.25) is 17.7 Å². The van der Waals surface area contributed by atoms with Crippen LogP contribution in [0.25, 0.3) is 0 Å². The number of carbonyl (C=O) groups is 4. The van der Waals surface area contributed by atoms with Crippen LogP contribution in [0, 0.1) is 0 Å². The molecule has 0 aromatic heterocycles. The number of nitrogens with two attached hydrogens (primary N) is 1. The zero-order valence-electron chi connectivity index (χ0n) is 21.3. The van der Waals surface area contributed by atoms with E-state index in [1.807, 2.05) is 0 Å². The number of amides is 3. The summed E-state index contributed by atoms with van der Waals surface area (Å²) in [5, 5.41) is 16.7. The molecule has 0 aromatic rings. The third-order valence-electron chi connectivity index (χ3n) is 5.78. The van der Waals surface area contributed by atoms with Crippen molar-refractivity contribution in [3.05, 3.63) is 0 Å². The van der Waals surface area contributed by atoms with Crippen molar-refractivity contribution in [2.24, 2.45) is 5.73 Å². The van der Waals surface area contributed by atoms with Crippen molar-refractivity contribution in [1.29, 1.82) is 0 Å². The van der Waals surface area contributed by atoms with Crippen molar-refractivity contribution >= 4 is 23.7 Å². The van der Waals surface area contributed by atoms with E-state index in [0.717, 1.165) is 19.3 Å². The van der Waals surface area contributed by atoms with Gasteiger partial charge in [0.05, 0.1) is 6.54 Å². The van der Waals surface area contributed by atoms with E-state index in [2.05, 4.69) is 22.9 Å². The number of unbranched alkanes of at least 4 members (excludes halogenated alkanes) is 11. The van der Waals surface area contributed by atoms with Crippen LogP contribution in [0.5, 0.6) is 0 Å². The monoisotopic (exact) mass is 484 g/mol. The van der Waals surface area contributed by atoms with Crippen LogP contribution in [0.3, 0.4) is 0 Å². The second-order valence-electron chi connectivity index (χ2n) is 9.04. The molecule has 0 heterocycles. The summed E-state index contributed by atoms with van der Waals surface area (Å²) in [5.41, 5.74) is 5.40. The fraction of sp³-hybridized carbons (Fsp3) is 0.840. The Morgan fingerprint density at radius 1 is 0.765 bits per heavy atom. The minimum Gasteiger partial charge on any atom is -0.480 e. The summed E-state index contributed by atoms with van der Waals surface area (Å²) in [6.45, 7) is 3.89. The number of rotatable bonds is 22. The number of carboxylic acid groups (broad SMARTS) is 1. The number of carboxylic acids is 1. The summed E-state index contributed by atoms with van der Waals surface area (Å²) in [6, 6.07) is -1.79. The molecule has 0 unspecified atom stereocenters. The lowest BCUT2D eigenvalue weighted by atomic mass is 10.1. The molecule has 198 valence electrons. The molecule has 0 fully saturated rings. The van der Waals surface area contributed by atoms with Crippen molar-refractivity contribution < 1.29 is 24.3 Å². The molecule has 0 aliphatic rings. The highest BCUT2D eigenvalue weighted by molar-refractivity contribution is 5.91. The summed E-state index contributed by atoms with van der Waals surface area (Å²) in [5.74, 6) is -2.39. The fourth-order valence-electron chi connectivity index (χ4n) is 3.64. The smallest absolute Gasteiger partial charge is 0.326 e. The maximum Gasteiger partial charge on any atom is 0.326 e. The lowest BCUT2D eigenvalue weighted by Crippen LogP contribution is -2.49. The molecule has 0 radical (unpaired) electrons. The first-order valence-corrected chi connectivity index (χ1v) is 13.1. The zero-order chi connectivity index (χ0) is 25.6.